The Morgan fingerprint density at radius 3 is 2.23 bits per heavy atom. The zero-order valence-electron chi connectivity index (χ0n) is 19.5. The molecule has 4 N–H and O–H groups in total. The second-order valence-electron chi connectivity index (χ2n) is 8.78. The zero-order chi connectivity index (χ0) is 24.6. The number of nitrogens with one attached hydrogen (secondary N) is 2. The number of carbonyl (C=O) groups is 3. The standard InChI is InChI=1S/C27H30N4O3S/c28-25(32)21-12-15-31(16-13-21)14-11-19-5-9-23(10-6-19)30-26(33)22-7-3-20(4-8-22)18-29-27(34)24-2-1-17-35-24/h1-10,17,21H,11-16,18H2,(H2,28,32)(H,29,34)(H,30,33). The number of hydrogen-bond donors (Lipinski definition) is 3. The van der Waals surface area contributed by atoms with E-state index in [1.807, 2.05) is 47.8 Å². The van der Waals surface area contributed by atoms with Gasteiger partial charge in [-0.05, 0) is 79.2 Å². The second kappa shape index (κ2) is 11.8. The van der Waals surface area contributed by atoms with Gasteiger partial charge in [-0.1, -0.05) is 30.3 Å². The minimum atomic E-state index is -0.184. The molecule has 1 aliphatic heterocycles. The molecule has 2 heterocycles. The van der Waals surface area contributed by atoms with Crippen molar-refractivity contribution in [2.45, 2.75) is 25.8 Å². The quantitative estimate of drug-likeness (QED) is 0.426. The largest absolute Gasteiger partial charge is 0.369 e. The fourth-order valence-electron chi connectivity index (χ4n) is 4.14. The number of rotatable bonds is 9. The van der Waals surface area contributed by atoms with Crippen LogP contribution in [0.2, 0.25) is 0 Å². The molecule has 3 amide bonds. The van der Waals surface area contributed by atoms with Crippen LogP contribution in [0.3, 0.4) is 0 Å². The number of nitrogens with two attached hydrogens (primary N) is 1. The fraction of sp³-hybridized carbons (Fsp3) is 0.296. The van der Waals surface area contributed by atoms with Crippen LogP contribution in [0.4, 0.5) is 5.69 Å². The van der Waals surface area contributed by atoms with Crippen LogP contribution in [0, 0.1) is 5.92 Å². The normalized spacial score (nSPS) is 14.4. The van der Waals surface area contributed by atoms with E-state index in [1.54, 1.807) is 18.2 Å². The van der Waals surface area contributed by atoms with Crippen LogP contribution in [0.15, 0.2) is 66.0 Å². The summed E-state index contributed by atoms with van der Waals surface area (Å²) in [5.41, 5.74) is 8.84. The van der Waals surface area contributed by atoms with E-state index in [4.69, 9.17) is 5.73 Å². The number of piperidine rings is 1. The van der Waals surface area contributed by atoms with Gasteiger partial charge in [-0.2, -0.15) is 0 Å². The van der Waals surface area contributed by atoms with Gasteiger partial charge in [0.2, 0.25) is 5.91 Å². The molecule has 0 unspecified atom stereocenters. The minimum absolute atomic E-state index is 0.0163. The van der Waals surface area contributed by atoms with Gasteiger partial charge in [-0.15, -0.1) is 11.3 Å². The van der Waals surface area contributed by atoms with Crippen molar-refractivity contribution in [2.75, 3.05) is 25.0 Å². The molecule has 1 saturated heterocycles. The predicted octanol–water partition coefficient (Wildman–Crippen LogP) is 3.67. The third-order valence-corrected chi connectivity index (χ3v) is 7.20. The van der Waals surface area contributed by atoms with Crippen molar-refractivity contribution >= 4 is 34.7 Å². The molecule has 1 aliphatic rings. The van der Waals surface area contributed by atoms with Gasteiger partial charge in [0.15, 0.2) is 0 Å². The first kappa shape index (κ1) is 24.6. The van der Waals surface area contributed by atoms with Crippen molar-refractivity contribution in [1.82, 2.24) is 10.2 Å². The number of nitrogens with zero attached hydrogens (tertiary/aromatic N) is 1. The highest BCUT2D eigenvalue weighted by Gasteiger charge is 2.22. The molecule has 4 rings (SSSR count). The van der Waals surface area contributed by atoms with E-state index in [9.17, 15) is 14.4 Å². The molecule has 7 nitrogen and oxygen atoms in total. The topological polar surface area (TPSA) is 105 Å². The number of thiophene rings is 1. The van der Waals surface area contributed by atoms with Gasteiger partial charge < -0.3 is 21.3 Å². The molecule has 0 aliphatic carbocycles. The van der Waals surface area contributed by atoms with Gasteiger partial charge in [0, 0.05) is 30.3 Å². The van der Waals surface area contributed by atoms with Gasteiger partial charge in [-0.25, -0.2) is 0 Å². The first-order chi connectivity index (χ1) is 17.0. The molecule has 3 aromatic rings. The molecular formula is C27H30N4O3S. The molecule has 8 heteroatoms. The van der Waals surface area contributed by atoms with Crippen molar-refractivity contribution in [3.8, 4) is 0 Å². The van der Waals surface area contributed by atoms with Crippen molar-refractivity contribution in [3.63, 3.8) is 0 Å². The summed E-state index contributed by atoms with van der Waals surface area (Å²) in [7, 11) is 0. The number of carbonyl (C=O) groups excluding carboxylic acids is 3. The molecule has 182 valence electrons. The molecule has 0 atom stereocenters. The van der Waals surface area contributed by atoms with E-state index in [2.05, 4.69) is 15.5 Å². The van der Waals surface area contributed by atoms with Crippen molar-refractivity contribution in [2.24, 2.45) is 11.7 Å². The molecule has 0 spiro atoms. The number of anilines is 1. The molecule has 2 aromatic carbocycles. The van der Waals surface area contributed by atoms with Gasteiger partial charge in [-0.3, -0.25) is 14.4 Å². The Balaban J connectivity index is 1.21. The van der Waals surface area contributed by atoms with Crippen LogP contribution in [0.5, 0.6) is 0 Å². The Kier molecular flexibility index (Phi) is 8.28. The molecule has 0 radical (unpaired) electrons. The van der Waals surface area contributed by atoms with Gasteiger partial charge >= 0.3 is 0 Å². The monoisotopic (exact) mass is 490 g/mol. The van der Waals surface area contributed by atoms with Crippen LogP contribution < -0.4 is 16.4 Å². The first-order valence-electron chi connectivity index (χ1n) is 11.8. The average molecular weight is 491 g/mol. The van der Waals surface area contributed by atoms with Crippen molar-refractivity contribution in [1.29, 1.82) is 0 Å². The number of likely N-dealkylation sites (tertiary alicyclic amines) is 1. The smallest absolute Gasteiger partial charge is 0.261 e. The maximum atomic E-state index is 12.6. The molecule has 0 bridgehead atoms. The summed E-state index contributed by atoms with van der Waals surface area (Å²) >= 11 is 1.40. The maximum Gasteiger partial charge on any atom is 0.261 e. The molecule has 1 fully saturated rings. The van der Waals surface area contributed by atoms with Crippen LogP contribution in [0.1, 0.15) is 44.0 Å². The maximum absolute atomic E-state index is 12.6. The lowest BCUT2D eigenvalue weighted by Gasteiger charge is -2.30. The summed E-state index contributed by atoms with van der Waals surface area (Å²) < 4.78 is 0. The first-order valence-corrected chi connectivity index (χ1v) is 12.7. The van der Waals surface area contributed by atoms with E-state index < -0.39 is 0 Å². The lowest BCUT2D eigenvalue weighted by molar-refractivity contribution is -0.123. The third-order valence-electron chi connectivity index (χ3n) is 6.33. The summed E-state index contributed by atoms with van der Waals surface area (Å²) in [6, 6.07) is 18.8. The summed E-state index contributed by atoms with van der Waals surface area (Å²) in [6.45, 7) is 3.16. The molecule has 1 aromatic heterocycles. The van der Waals surface area contributed by atoms with Crippen LogP contribution in [0.25, 0.3) is 0 Å². The van der Waals surface area contributed by atoms with Crippen LogP contribution in [-0.4, -0.2) is 42.3 Å². The minimum Gasteiger partial charge on any atom is -0.369 e. The summed E-state index contributed by atoms with van der Waals surface area (Å²) in [6.07, 6.45) is 2.59. The highest BCUT2D eigenvalue weighted by atomic mass is 32.1. The fourth-order valence-corrected chi connectivity index (χ4v) is 4.78. The number of hydrogen-bond acceptors (Lipinski definition) is 5. The highest BCUT2D eigenvalue weighted by molar-refractivity contribution is 7.12. The average Bonchev–Trinajstić information content (AvgIpc) is 3.43. The van der Waals surface area contributed by atoms with E-state index in [0.717, 1.165) is 50.1 Å². The van der Waals surface area contributed by atoms with Crippen LogP contribution in [-0.2, 0) is 17.8 Å². The summed E-state index contributed by atoms with van der Waals surface area (Å²) in [5, 5.41) is 7.68. The van der Waals surface area contributed by atoms with E-state index in [-0.39, 0.29) is 23.6 Å². The van der Waals surface area contributed by atoms with Crippen molar-refractivity contribution in [3.05, 3.63) is 87.6 Å². The Bertz CT molecular complexity index is 1140. The Hall–Kier alpha value is -3.49. The van der Waals surface area contributed by atoms with E-state index in [0.29, 0.717) is 17.0 Å². The van der Waals surface area contributed by atoms with Gasteiger partial charge in [0.05, 0.1) is 4.88 Å². The Morgan fingerprint density at radius 2 is 1.60 bits per heavy atom. The van der Waals surface area contributed by atoms with E-state index in [1.165, 1.54) is 16.9 Å². The highest BCUT2D eigenvalue weighted by Crippen LogP contribution is 2.18. The SMILES string of the molecule is NC(=O)C1CCN(CCc2ccc(NC(=O)c3ccc(CNC(=O)c4cccs4)cc3)cc2)CC1. The number of primary amides is 1. The number of amides is 3. The van der Waals surface area contributed by atoms with Gasteiger partial charge in [0.25, 0.3) is 11.8 Å². The summed E-state index contributed by atoms with van der Waals surface area (Å²) in [5.74, 6) is -0.443. The second-order valence-corrected chi connectivity index (χ2v) is 9.72. The van der Waals surface area contributed by atoms with Crippen LogP contribution >= 0.6 is 11.3 Å². The zero-order valence-corrected chi connectivity index (χ0v) is 20.4. The van der Waals surface area contributed by atoms with Crippen molar-refractivity contribution < 1.29 is 14.4 Å². The number of benzene rings is 2. The lowest BCUT2D eigenvalue weighted by Crippen LogP contribution is -2.39. The Labute approximate surface area is 209 Å². The van der Waals surface area contributed by atoms with E-state index >= 15 is 0 Å². The third kappa shape index (κ3) is 7.00. The summed E-state index contributed by atoms with van der Waals surface area (Å²) in [4.78, 5) is 39.0. The molecular weight excluding hydrogens is 460 g/mol. The lowest BCUT2D eigenvalue weighted by atomic mass is 9.96. The molecule has 0 saturated carbocycles. The Morgan fingerprint density at radius 1 is 0.914 bits per heavy atom. The molecule has 35 heavy (non-hydrogen) atoms. The van der Waals surface area contributed by atoms with Gasteiger partial charge in [0.1, 0.15) is 0 Å². The predicted molar refractivity (Wildman–Crippen MR) is 138 cm³/mol.